The molecule has 0 spiro atoms. The van der Waals surface area contributed by atoms with E-state index in [-0.39, 0.29) is 18.9 Å². The van der Waals surface area contributed by atoms with Gasteiger partial charge < -0.3 is 14.9 Å². The average Bonchev–Trinajstić information content (AvgIpc) is 2.48. The Balaban J connectivity index is 2.00. The van der Waals surface area contributed by atoms with Crippen LogP contribution in [0.5, 0.6) is 0 Å². The van der Waals surface area contributed by atoms with Gasteiger partial charge in [-0.15, -0.1) is 0 Å². The maximum Gasteiger partial charge on any atom is 0.321 e. The van der Waals surface area contributed by atoms with E-state index >= 15 is 0 Å². The summed E-state index contributed by atoms with van der Waals surface area (Å²) in [6.07, 6.45) is 5.68. The van der Waals surface area contributed by atoms with Gasteiger partial charge in [0.25, 0.3) is 0 Å². The zero-order valence-corrected chi connectivity index (χ0v) is 12.0. The number of carboxylic acids is 2. The first-order chi connectivity index (χ1) is 9.95. The molecule has 2 aliphatic rings. The molecule has 2 N–H and O–H groups in total. The van der Waals surface area contributed by atoms with Crippen molar-refractivity contribution in [3.63, 3.8) is 0 Å². The molecule has 1 atom stereocenters. The molecule has 2 fully saturated rings. The second-order valence-electron chi connectivity index (χ2n) is 6.18. The van der Waals surface area contributed by atoms with Gasteiger partial charge in [-0.2, -0.15) is 0 Å². The van der Waals surface area contributed by atoms with E-state index < -0.39 is 29.2 Å². The molecule has 1 unspecified atom stereocenters. The van der Waals surface area contributed by atoms with Gasteiger partial charge in [0.2, 0.25) is 0 Å². The molecule has 2 saturated carbocycles. The van der Waals surface area contributed by atoms with Crippen LogP contribution >= 0.6 is 0 Å². The van der Waals surface area contributed by atoms with Gasteiger partial charge in [-0.05, 0) is 44.9 Å². The first kappa shape index (κ1) is 15.8. The van der Waals surface area contributed by atoms with Crippen LogP contribution in [0.25, 0.3) is 0 Å². The van der Waals surface area contributed by atoms with Gasteiger partial charge in [0.05, 0.1) is 5.92 Å². The number of aliphatic carboxylic acids is 2. The van der Waals surface area contributed by atoms with Crippen molar-refractivity contribution in [2.75, 3.05) is 0 Å². The summed E-state index contributed by atoms with van der Waals surface area (Å²) in [6, 6.07) is 0. The molecule has 0 saturated heterocycles. The van der Waals surface area contributed by atoms with Gasteiger partial charge in [0.1, 0.15) is 6.10 Å². The highest BCUT2D eigenvalue weighted by Crippen LogP contribution is 2.41. The molecule has 2 rings (SSSR count). The minimum absolute atomic E-state index is 0.0743. The third-order valence-corrected chi connectivity index (χ3v) is 4.74. The smallest absolute Gasteiger partial charge is 0.321 e. The largest absolute Gasteiger partial charge is 0.480 e. The predicted octanol–water partition coefficient (Wildman–Crippen LogP) is 2.21. The summed E-state index contributed by atoms with van der Waals surface area (Å²) >= 11 is 0. The van der Waals surface area contributed by atoms with Gasteiger partial charge in [-0.1, -0.05) is 12.8 Å². The van der Waals surface area contributed by atoms with Crippen LogP contribution in [0, 0.1) is 11.3 Å². The Bertz CT molecular complexity index is 410. The minimum atomic E-state index is -1.84. The van der Waals surface area contributed by atoms with Crippen LogP contribution < -0.4 is 0 Å². The highest BCUT2D eigenvalue weighted by atomic mass is 16.5. The highest BCUT2D eigenvalue weighted by Gasteiger charge is 2.51. The Morgan fingerprint density at radius 2 is 1.52 bits per heavy atom. The number of esters is 1. The van der Waals surface area contributed by atoms with E-state index in [9.17, 15) is 24.6 Å². The van der Waals surface area contributed by atoms with Crippen LogP contribution in [0.1, 0.15) is 57.8 Å². The molecule has 6 heteroatoms. The first-order valence-electron chi connectivity index (χ1n) is 7.63. The summed E-state index contributed by atoms with van der Waals surface area (Å²) in [5, 5.41) is 18.5. The Morgan fingerprint density at radius 3 is 2.10 bits per heavy atom. The molecule has 2 aliphatic carbocycles. The fourth-order valence-corrected chi connectivity index (χ4v) is 3.40. The van der Waals surface area contributed by atoms with Crippen LogP contribution in [0.3, 0.4) is 0 Å². The summed E-state index contributed by atoms with van der Waals surface area (Å²) in [5.74, 6) is -3.75. The lowest BCUT2D eigenvalue weighted by Crippen LogP contribution is -2.45. The molecule has 21 heavy (non-hydrogen) atoms. The number of carboxylic acid groups (broad SMARTS) is 2. The monoisotopic (exact) mass is 298 g/mol. The van der Waals surface area contributed by atoms with Gasteiger partial charge in [-0.3, -0.25) is 14.4 Å². The maximum absolute atomic E-state index is 12.2. The van der Waals surface area contributed by atoms with E-state index in [2.05, 4.69) is 0 Å². The predicted molar refractivity (Wildman–Crippen MR) is 72.6 cm³/mol. The van der Waals surface area contributed by atoms with E-state index in [0.717, 1.165) is 32.1 Å². The lowest BCUT2D eigenvalue weighted by molar-refractivity contribution is -0.172. The molecule has 118 valence electrons. The van der Waals surface area contributed by atoms with Crippen molar-refractivity contribution < 1.29 is 29.3 Å². The van der Waals surface area contributed by atoms with E-state index in [1.54, 1.807) is 0 Å². The standard InChI is InChI=1S/C15H22O6/c16-12(21-11-6-2-1-3-7-11)10-5-4-8-15(9-10,13(17)18)14(19)20/h10-11H,1-9H2,(H,17,18)(H,19,20). The topological polar surface area (TPSA) is 101 Å². The van der Waals surface area contributed by atoms with Crippen LogP contribution in [0.2, 0.25) is 0 Å². The van der Waals surface area contributed by atoms with Crippen LogP contribution in [-0.4, -0.2) is 34.2 Å². The van der Waals surface area contributed by atoms with Crippen molar-refractivity contribution in [1.82, 2.24) is 0 Å². The van der Waals surface area contributed by atoms with Crippen LogP contribution in [-0.2, 0) is 19.1 Å². The minimum Gasteiger partial charge on any atom is -0.480 e. The zero-order chi connectivity index (χ0) is 15.5. The quantitative estimate of drug-likeness (QED) is 0.609. The molecule has 0 bridgehead atoms. The number of hydrogen-bond acceptors (Lipinski definition) is 4. The van der Waals surface area contributed by atoms with E-state index in [0.29, 0.717) is 12.8 Å². The van der Waals surface area contributed by atoms with Gasteiger partial charge >= 0.3 is 17.9 Å². The highest BCUT2D eigenvalue weighted by molar-refractivity contribution is 5.98. The Kier molecular flexibility index (Phi) is 4.85. The van der Waals surface area contributed by atoms with Gasteiger partial charge in [0.15, 0.2) is 5.41 Å². The molecular weight excluding hydrogens is 276 g/mol. The van der Waals surface area contributed by atoms with Gasteiger partial charge in [-0.25, -0.2) is 0 Å². The molecule has 0 heterocycles. The van der Waals surface area contributed by atoms with Crippen molar-refractivity contribution in [1.29, 1.82) is 0 Å². The van der Waals surface area contributed by atoms with E-state index in [1.165, 1.54) is 0 Å². The van der Waals surface area contributed by atoms with Crippen molar-refractivity contribution in [2.45, 2.75) is 63.9 Å². The summed E-state index contributed by atoms with van der Waals surface area (Å²) in [6.45, 7) is 0. The molecule has 0 amide bonds. The average molecular weight is 298 g/mol. The molecule has 6 nitrogen and oxygen atoms in total. The van der Waals surface area contributed by atoms with E-state index in [1.807, 2.05) is 0 Å². The molecular formula is C15H22O6. The SMILES string of the molecule is O=C(OC1CCCCC1)C1CCCC(C(=O)O)(C(=O)O)C1. The Labute approximate surface area is 123 Å². The number of rotatable bonds is 4. The third-order valence-electron chi connectivity index (χ3n) is 4.74. The maximum atomic E-state index is 12.2. The van der Waals surface area contributed by atoms with Crippen molar-refractivity contribution in [3.05, 3.63) is 0 Å². The first-order valence-corrected chi connectivity index (χ1v) is 7.63. The zero-order valence-electron chi connectivity index (χ0n) is 12.0. The van der Waals surface area contributed by atoms with Crippen molar-refractivity contribution >= 4 is 17.9 Å². The van der Waals surface area contributed by atoms with Crippen LogP contribution in [0.4, 0.5) is 0 Å². The third kappa shape index (κ3) is 3.36. The van der Waals surface area contributed by atoms with Crippen molar-refractivity contribution in [3.8, 4) is 0 Å². The lowest BCUT2D eigenvalue weighted by Gasteiger charge is -2.34. The molecule has 0 aromatic carbocycles. The normalized spacial score (nSPS) is 26.0. The Morgan fingerprint density at radius 1 is 0.905 bits per heavy atom. The second-order valence-corrected chi connectivity index (χ2v) is 6.18. The molecule has 0 aliphatic heterocycles. The van der Waals surface area contributed by atoms with Crippen LogP contribution in [0.15, 0.2) is 0 Å². The van der Waals surface area contributed by atoms with E-state index in [4.69, 9.17) is 4.74 Å². The molecule has 0 radical (unpaired) electrons. The number of carbonyl (C=O) groups is 3. The van der Waals surface area contributed by atoms with Gasteiger partial charge in [0, 0.05) is 0 Å². The second kappa shape index (κ2) is 6.45. The Hall–Kier alpha value is -1.59. The number of ether oxygens (including phenoxy) is 1. The fourth-order valence-electron chi connectivity index (χ4n) is 3.40. The molecule has 0 aromatic heterocycles. The summed E-state index contributed by atoms with van der Waals surface area (Å²) in [5.41, 5.74) is -1.84. The number of carbonyl (C=O) groups excluding carboxylic acids is 1. The summed E-state index contributed by atoms with van der Waals surface area (Å²) < 4.78 is 5.46. The fraction of sp³-hybridized carbons (Fsp3) is 0.800. The number of hydrogen-bond donors (Lipinski definition) is 2. The summed E-state index contributed by atoms with van der Waals surface area (Å²) in [4.78, 5) is 34.9. The lowest BCUT2D eigenvalue weighted by atomic mass is 9.69. The summed E-state index contributed by atoms with van der Waals surface area (Å²) in [7, 11) is 0. The van der Waals surface area contributed by atoms with Crippen molar-refractivity contribution in [2.24, 2.45) is 11.3 Å². The molecule has 0 aromatic rings.